The van der Waals surface area contributed by atoms with Crippen molar-refractivity contribution < 1.29 is 58.3 Å². The van der Waals surface area contributed by atoms with Crippen molar-refractivity contribution in [2.75, 3.05) is 26.4 Å². The molecule has 0 bridgehead atoms. The Labute approximate surface area is 315 Å². The third-order valence-electron chi connectivity index (χ3n) is 6.56. The molecule has 0 aromatic heterocycles. The summed E-state index contributed by atoms with van der Waals surface area (Å²) < 4.78 is 62.6. The second-order valence-corrected chi connectivity index (χ2v) is 12.0. The van der Waals surface area contributed by atoms with Crippen LogP contribution in [0.25, 0.3) is 0 Å². The van der Waals surface area contributed by atoms with Crippen LogP contribution in [-0.4, -0.2) is 38.2 Å². The number of ether oxygens (including phenoxy) is 2. The molecular formula is C40H46F4N2O4Ti. The van der Waals surface area contributed by atoms with Gasteiger partial charge < -0.3 is 20.1 Å². The number of hydrogen-bond donors (Lipinski definition) is 2. The van der Waals surface area contributed by atoms with Crippen molar-refractivity contribution in [3.8, 4) is 0 Å². The van der Waals surface area contributed by atoms with E-state index in [2.05, 4.69) is 48.1 Å². The maximum absolute atomic E-state index is 13.4. The van der Waals surface area contributed by atoms with Gasteiger partial charge in [0.15, 0.2) is 0 Å². The van der Waals surface area contributed by atoms with E-state index < -0.39 is 34.1 Å². The number of carbonyl (C=O) groups is 2. The SMILES string of the molecule is C=CCOCC(C)(C)C(=O)NCc1ccc(F)[c-]c1F.C=CCOCC(C)(C)C(=O)NCc1ccc(F)[c-]c1F.[C-]1=CC=CC1.[C-]1=CC=CC1.[Ti+4]. The largest absolute Gasteiger partial charge is 4.00 e. The van der Waals surface area contributed by atoms with Gasteiger partial charge in [-0.05, 0) is 27.7 Å². The second-order valence-electron chi connectivity index (χ2n) is 12.0. The summed E-state index contributed by atoms with van der Waals surface area (Å²) in [4.78, 5) is 24.0. The molecular weight excluding hydrogens is 696 g/mol. The van der Waals surface area contributed by atoms with E-state index in [0.29, 0.717) is 13.2 Å². The first-order chi connectivity index (χ1) is 23.7. The fourth-order valence-electron chi connectivity index (χ4n) is 3.66. The normalized spacial score (nSPS) is 12.2. The topological polar surface area (TPSA) is 76.7 Å². The summed E-state index contributed by atoms with van der Waals surface area (Å²) in [6.45, 7) is 15.0. The molecule has 2 amide bonds. The molecule has 2 N–H and O–H groups in total. The molecule has 2 aromatic rings. The number of amides is 2. The van der Waals surface area contributed by atoms with E-state index in [1.54, 1.807) is 39.8 Å². The number of carbonyl (C=O) groups excluding carboxylic acids is 2. The van der Waals surface area contributed by atoms with Gasteiger partial charge in [-0.3, -0.25) is 21.7 Å². The van der Waals surface area contributed by atoms with E-state index in [1.165, 1.54) is 12.1 Å². The van der Waals surface area contributed by atoms with Crippen molar-refractivity contribution in [3.63, 3.8) is 0 Å². The maximum atomic E-state index is 13.4. The molecule has 0 fully saturated rings. The molecule has 11 heteroatoms. The summed E-state index contributed by atoms with van der Waals surface area (Å²) in [5.41, 5.74) is -1.13. The Kier molecular flexibility index (Phi) is 24.1. The molecule has 0 heterocycles. The van der Waals surface area contributed by atoms with Crippen LogP contribution >= 0.6 is 0 Å². The minimum atomic E-state index is -0.800. The van der Waals surface area contributed by atoms with Crippen LogP contribution in [0.1, 0.15) is 51.7 Å². The van der Waals surface area contributed by atoms with Crippen LogP contribution in [-0.2, 0) is 53.9 Å². The Bertz CT molecular complexity index is 1370. The van der Waals surface area contributed by atoms with E-state index in [-0.39, 0.29) is 71.0 Å². The summed E-state index contributed by atoms with van der Waals surface area (Å²) in [7, 11) is 0. The van der Waals surface area contributed by atoms with E-state index in [4.69, 9.17) is 9.47 Å². The van der Waals surface area contributed by atoms with Gasteiger partial charge >= 0.3 is 21.7 Å². The van der Waals surface area contributed by atoms with E-state index >= 15 is 0 Å². The number of rotatable bonds is 14. The zero-order valence-corrected chi connectivity index (χ0v) is 31.2. The van der Waals surface area contributed by atoms with Crippen molar-refractivity contribution in [3.05, 3.63) is 145 Å². The Hall–Kier alpha value is -3.83. The Morgan fingerprint density at radius 2 is 1.10 bits per heavy atom. The molecule has 0 saturated heterocycles. The van der Waals surface area contributed by atoms with Crippen molar-refractivity contribution in [2.45, 2.75) is 53.6 Å². The zero-order chi connectivity index (χ0) is 37.4. The molecule has 2 aromatic carbocycles. The number of halogens is 4. The molecule has 2 aliphatic carbocycles. The molecule has 0 unspecified atom stereocenters. The van der Waals surface area contributed by atoms with E-state index in [0.717, 1.165) is 25.0 Å². The fourth-order valence-corrected chi connectivity index (χ4v) is 3.66. The van der Waals surface area contributed by atoms with Gasteiger partial charge in [-0.2, -0.15) is 24.3 Å². The average Bonchev–Trinajstić information content (AvgIpc) is 3.85. The number of benzene rings is 2. The summed E-state index contributed by atoms with van der Waals surface area (Å²) in [6.07, 6.45) is 23.2. The molecule has 272 valence electrons. The standard InChI is InChI=1S/2C15H18F2NO2.2C5H5.Ti/c2*1-4-7-20-10-15(2,3)14(19)18-9-11-5-6-12(16)8-13(11)17;2*1-2-4-5-3-1;/h2*4-6H,1,7,9-10H2,2-3H3,(H,18,19);2*1-3H,4H2;/q4*-1;+4. The summed E-state index contributed by atoms with van der Waals surface area (Å²) in [6, 6.07) is 8.61. The van der Waals surface area contributed by atoms with Crippen LogP contribution < -0.4 is 10.6 Å². The number of allylic oxidation sites excluding steroid dienone is 8. The molecule has 4 rings (SSSR count). The first-order valence-corrected chi connectivity index (χ1v) is 15.8. The van der Waals surface area contributed by atoms with Gasteiger partial charge in [0.05, 0.1) is 37.3 Å². The van der Waals surface area contributed by atoms with Gasteiger partial charge in [0.1, 0.15) is 0 Å². The predicted octanol–water partition coefficient (Wildman–Crippen LogP) is 7.83. The van der Waals surface area contributed by atoms with Crippen LogP contribution in [0, 0.1) is 58.4 Å². The summed E-state index contributed by atoms with van der Waals surface area (Å²) >= 11 is 0. The molecule has 0 radical (unpaired) electrons. The van der Waals surface area contributed by atoms with E-state index in [1.807, 2.05) is 36.4 Å². The summed E-state index contributed by atoms with van der Waals surface area (Å²) in [5.74, 6) is -3.68. The predicted molar refractivity (Wildman–Crippen MR) is 187 cm³/mol. The van der Waals surface area contributed by atoms with Gasteiger partial charge in [0, 0.05) is 36.4 Å². The molecule has 2 aliphatic rings. The van der Waals surface area contributed by atoms with Crippen molar-refractivity contribution >= 4 is 11.8 Å². The minimum absolute atomic E-state index is 0. The third kappa shape index (κ3) is 20.6. The molecule has 51 heavy (non-hydrogen) atoms. The van der Waals surface area contributed by atoms with Crippen LogP contribution in [0.15, 0.2) is 86.0 Å². The summed E-state index contributed by atoms with van der Waals surface area (Å²) in [5, 5.41) is 5.20. The van der Waals surface area contributed by atoms with E-state index in [9.17, 15) is 27.2 Å². The quantitative estimate of drug-likeness (QED) is 0.0681. The Morgan fingerprint density at radius 3 is 1.35 bits per heavy atom. The first kappa shape index (κ1) is 47.2. The molecule has 6 nitrogen and oxygen atoms in total. The van der Waals surface area contributed by atoms with Gasteiger partial charge in [-0.1, -0.05) is 12.2 Å². The molecule has 0 aliphatic heterocycles. The third-order valence-corrected chi connectivity index (χ3v) is 6.56. The van der Waals surface area contributed by atoms with Crippen LogP contribution in [0.2, 0.25) is 0 Å². The van der Waals surface area contributed by atoms with Gasteiger partial charge in [-0.25, -0.2) is 41.9 Å². The molecule has 0 spiro atoms. The zero-order valence-electron chi connectivity index (χ0n) is 29.6. The van der Waals surface area contributed by atoms with Crippen molar-refractivity contribution in [1.29, 1.82) is 0 Å². The monoisotopic (exact) mass is 742 g/mol. The number of hydrogen-bond acceptors (Lipinski definition) is 4. The second kappa shape index (κ2) is 26.0. The van der Waals surface area contributed by atoms with Gasteiger partial charge in [-0.15, -0.1) is 61.4 Å². The fraction of sp³-hybridized carbons (Fsp3) is 0.350. The van der Waals surface area contributed by atoms with Crippen molar-refractivity contribution in [1.82, 2.24) is 10.6 Å². The molecule has 0 atom stereocenters. The number of nitrogens with one attached hydrogen (secondary N) is 2. The minimum Gasteiger partial charge on any atom is -0.376 e. The average molecular weight is 743 g/mol. The Balaban J connectivity index is 0.000000754. The van der Waals surface area contributed by atoms with Crippen LogP contribution in [0.5, 0.6) is 0 Å². The smallest absolute Gasteiger partial charge is 0.376 e. The van der Waals surface area contributed by atoms with Gasteiger partial charge in [0.25, 0.3) is 0 Å². The maximum Gasteiger partial charge on any atom is 4.00 e. The first-order valence-electron chi connectivity index (χ1n) is 15.8. The van der Waals surface area contributed by atoms with Crippen LogP contribution in [0.4, 0.5) is 17.6 Å². The molecule has 0 saturated carbocycles. The van der Waals surface area contributed by atoms with Crippen molar-refractivity contribution in [2.24, 2.45) is 10.8 Å². The van der Waals surface area contributed by atoms with Gasteiger partial charge in [0.2, 0.25) is 11.8 Å². The Morgan fingerprint density at radius 1 is 0.725 bits per heavy atom. The van der Waals surface area contributed by atoms with Crippen LogP contribution in [0.3, 0.4) is 0 Å².